The van der Waals surface area contributed by atoms with Crippen molar-refractivity contribution in [2.75, 3.05) is 0 Å². The van der Waals surface area contributed by atoms with Gasteiger partial charge in [-0.05, 0) is 24.8 Å². The van der Waals surface area contributed by atoms with Crippen LogP contribution in [0, 0.1) is 0 Å². The van der Waals surface area contributed by atoms with E-state index in [4.69, 9.17) is 16.6 Å². The first-order chi connectivity index (χ1) is 9.34. The highest BCUT2D eigenvalue weighted by atomic mass is 35.5. The number of hydrogen-bond donors (Lipinski definition) is 0. The second-order valence-corrected chi connectivity index (χ2v) is 5.20. The molecule has 0 unspecified atom stereocenters. The Morgan fingerprint density at radius 2 is 1.95 bits per heavy atom. The van der Waals surface area contributed by atoms with E-state index in [1.54, 1.807) is 4.52 Å². The fraction of sp³-hybridized carbons (Fsp3) is 0.200. The highest BCUT2D eigenvalue weighted by Gasteiger charge is 2.21. The van der Waals surface area contributed by atoms with Gasteiger partial charge < -0.3 is 0 Å². The summed E-state index contributed by atoms with van der Waals surface area (Å²) in [6, 6.07) is 10.2. The van der Waals surface area contributed by atoms with Crippen LogP contribution in [0.5, 0.6) is 0 Å². The van der Waals surface area contributed by atoms with E-state index < -0.39 is 0 Å². The average molecular weight is 270 g/mol. The molecule has 0 spiro atoms. The van der Waals surface area contributed by atoms with Crippen molar-refractivity contribution in [3.05, 3.63) is 52.9 Å². The monoisotopic (exact) mass is 269 g/mol. The molecule has 2 aromatic heterocycles. The average Bonchev–Trinajstić information content (AvgIpc) is 3.07. The third kappa shape index (κ3) is 1.58. The zero-order chi connectivity index (χ0) is 12.8. The normalized spacial score (nSPS) is 13.9. The Bertz CT molecular complexity index is 762. The predicted octanol–water partition coefficient (Wildman–Crippen LogP) is 3.54. The maximum atomic E-state index is 6.45. The molecule has 0 bridgehead atoms. The minimum atomic E-state index is 0.722. The Hall–Kier alpha value is -1.87. The quantitative estimate of drug-likeness (QED) is 0.633. The highest BCUT2D eigenvalue weighted by molar-refractivity contribution is 6.30. The molecule has 1 aliphatic carbocycles. The van der Waals surface area contributed by atoms with E-state index in [1.807, 2.05) is 24.4 Å². The molecule has 3 aromatic rings. The largest absolute Gasteiger partial charge is 0.233 e. The Labute approximate surface area is 115 Å². The molecule has 94 valence electrons. The second kappa shape index (κ2) is 4.07. The van der Waals surface area contributed by atoms with Gasteiger partial charge in [-0.25, -0.2) is 9.50 Å². The van der Waals surface area contributed by atoms with Crippen molar-refractivity contribution in [3.8, 4) is 11.1 Å². The zero-order valence-corrected chi connectivity index (χ0v) is 11.1. The van der Waals surface area contributed by atoms with Crippen molar-refractivity contribution in [2.45, 2.75) is 19.3 Å². The molecule has 3 nitrogen and oxygen atoms in total. The van der Waals surface area contributed by atoms with Crippen molar-refractivity contribution >= 4 is 17.2 Å². The number of aromatic nitrogens is 3. The van der Waals surface area contributed by atoms with Crippen LogP contribution in [0.15, 0.2) is 36.5 Å². The Morgan fingerprint density at radius 3 is 2.79 bits per heavy atom. The second-order valence-electron chi connectivity index (χ2n) is 4.84. The number of aryl methyl sites for hydroxylation is 1. The molecule has 1 aromatic carbocycles. The molecule has 0 saturated carbocycles. The maximum Gasteiger partial charge on any atom is 0.164 e. The Kier molecular flexibility index (Phi) is 2.35. The molecule has 0 saturated heterocycles. The van der Waals surface area contributed by atoms with Crippen LogP contribution in [0.3, 0.4) is 0 Å². The van der Waals surface area contributed by atoms with Crippen LogP contribution in [-0.2, 0) is 12.8 Å². The number of nitrogens with zero attached hydrogens (tertiary/aromatic N) is 3. The fourth-order valence-corrected chi connectivity index (χ4v) is 3.07. The van der Waals surface area contributed by atoms with E-state index in [-0.39, 0.29) is 0 Å². The van der Waals surface area contributed by atoms with Crippen LogP contribution in [0.4, 0.5) is 0 Å². The molecule has 1 aliphatic rings. The van der Waals surface area contributed by atoms with E-state index in [2.05, 4.69) is 17.2 Å². The lowest BCUT2D eigenvalue weighted by Gasteiger charge is -2.05. The number of rotatable bonds is 1. The lowest BCUT2D eigenvalue weighted by molar-refractivity contribution is 0.900. The van der Waals surface area contributed by atoms with Gasteiger partial charge in [0.2, 0.25) is 0 Å². The molecule has 0 amide bonds. The summed E-state index contributed by atoms with van der Waals surface area (Å²) in [6.07, 6.45) is 5.01. The fourth-order valence-electron chi connectivity index (χ4n) is 2.74. The molecular weight excluding hydrogens is 258 g/mol. The summed E-state index contributed by atoms with van der Waals surface area (Å²) in [5, 5.41) is 5.12. The molecule has 4 rings (SSSR count). The van der Waals surface area contributed by atoms with E-state index in [1.165, 1.54) is 0 Å². The Balaban J connectivity index is 2.02. The van der Waals surface area contributed by atoms with Gasteiger partial charge in [-0.2, -0.15) is 5.10 Å². The molecule has 0 fully saturated rings. The number of fused-ring (bicyclic) bond motifs is 2. The van der Waals surface area contributed by atoms with E-state index >= 15 is 0 Å². The van der Waals surface area contributed by atoms with Gasteiger partial charge in [-0.15, -0.1) is 0 Å². The smallest absolute Gasteiger partial charge is 0.164 e. The number of benzene rings is 1. The topological polar surface area (TPSA) is 30.2 Å². The molecule has 19 heavy (non-hydrogen) atoms. The van der Waals surface area contributed by atoms with E-state index in [9.17, 15) is 0 Å². The summed E-state index contributed by atoms with van der Waals surface area (Å²) in [5.41, 5.74) is 5.32. The minimum absolute atomic E-state index is 0.722. The zero-order valence-electron chi connectivity index (χ0n) is 10.3. The molecule has 0 N–H and O–H groups in total. The summed E-state index contributed by atoms with van der Waals surface area (Å²) in [5.74, 6) is 0. The summed E-state index contributed by atoms with van der Waals surface area (Å²) >= 11 is 6.45. The van der Waals surface area contributed by atoms with Crippen molar-refractivity contribution in [2.24, 2.45) is 0 Å². The first-order valence-electron chi connectivity index (χ1n) is 6.45. The van der Waals surface area contributed by atoms with E-state index in [0.29, 0.717) is 0 Å². The van der Waals surface area contributed by atoms with Gasteiger partial charge >= 0.3 is 0 Å². The molecule has 2 heterocycles. The van der Waals surface area contributed by atoms with Crippen LogP contribution in [-0.4, -0.2) is 14.6 Å². The SMILES string of the molecule is Clc1c2c(nc3c(-c4ccccc4)cnn13)CCC2. The minimum Gasteiger partial charge on any atom is -0.233 e. The molecule has 0 aliphatic heterocycles. The van der Waals surface area contributed by atoms with Crippen molar-refractivity contribution in [3.63, 3.8) is 0 Å². The van der Waals surface area contributed by atoms with Gasteiger partial charge in [-0.1, -0.05) is 41.9 Å². The summed E-state index contributed by atoms with van der Waals surface area (Å²) in [7, 11) is 0. The first-order valence-corrected chi connectivity index (χ1v) is 6.83. The molecule has 0 radical (unpaired) electrons. The summed E-state index contributed by atoms with van der Waals surface area (Å²) in [4.78, 5) is 4.77. The van der Waals surface area contributed by atoms with Crippen molar-refractivity contribution in [1.29, 1.82) is 0 Å². The summed E-state index contributed by atoms with van der Waals surface area (Å²) < 4.78 is 1.76. The summed E-state index contributed by atoms with van der Waals surface area (Å²) in [6.45, 7) is 0. The van der Waals surface area contributed by atoms with Gasteiger partial charge in [0.25, 0.3) is 0 Å². The maximum absolute atomic E-state index is 6.45. The Morgan fingerprint density at radius 1 is 1.11 bits per heavy atom. The van der Waals surface area contributed by atoms with Gasteiger partial charge in [0.05, 0.1) is 6.20 Å². The first kappa shape index (κ1) is 11.0. The number of hydrogen-bond acceptors (Lipinski definition) is 2. The van der Waals surface area contributed by atoms with Crippen LogP contribution >= 0.6 is 11.6 Å². The van der Waals surface area contributed by atoms with Gasteiger partial charge in [0, 0.05) is 16.8 Å². The van der Waals surface area contributed by atoms with Gasteiger partial charge in [-0.3, -0.25) is 0 Å². The standard InChI is InChI=1S/C15H12ClN3/c16-14-11-7-4-8-13(11)18-15-12(9-17-19(14)15)10-5-2-1-3-6-10/h1-3,5-6,9H,4,7-8H2. The molecular formula is C15H12ClN3. The van der Waals surface area contributed by atoms with Crippen LogP contribution in [0.2, 0.25) is 5.15 Å². The lowest BCUT2D eigenvalue weighted by Crippen LogP contribution is -1.99. The third-order valence-corrected chi connectivity index (χ3v) is 4.08. The van der Waals surface area contributed by atoms with Crippen molar-refractivity contribution in [1.82, 2.24) is 14.6 Å². The van der Waals surface area contributed by atoms with Crippen LogP contribution < -0.4 is 0 Å². The molecule has 4 heteroatoms. The van der Waals surface area contributed by atoms with Crippen LogP contribution in [0.1, 0.15) is 17.7 Å². The molecule has 0 atom stereocenters. The predicted molar refractivity (Wildman–Crippen MR) is 75.5 cm³/mol. The highest BCUT2D eigenvalue weighted by Crippen LogP contribution is 2.31. The van der Waals surface area contributed by atoms with Gasteiger partial charge in [0.15, 0.2) is 5.65 Å². The van der Waals surface area contributed by atoms with E-state index in [0.717, 1.165) is 52.4 Å². The number of halogens is 1. The van der Waals surface area contributed by atoms with Crippen LogP contribution in [0.25, 0.3) is 16.8 Å². The lowest BCUT2D eigenvalue weighted by atomic mass is 10.1. The van der Waals surface area contributed by atoms with Crippen molar-refractivity contribution < 1.29 is 0 Å². The van der Waals surface area contributed by atoms with Gasteiger partial charge in [0.1, 0.15) is 5.15 Å². The third-order valence-electron chi connectivity index (χ3n) is 3.69.